The van der Waals surface area contributed by atoms with Gasteiger partial charge in [-0.05, 0) is 12.2 Å². The minimum atomic E-state index is -1.78. The van der Waals surface area contributed by atoms with E-state index in [9.17, 15) is 8.60 Å². The first kappa shape index (κ1) is 8.70. The van der Waals surface area contributed by atoms with E-state index in [1.165, 1.54) is 6.08 Å². The first-order valence-corrected chi connectivity index (χ1v) is 4.31. The fourth-order valence-electron chi connectivity index (χ4n) is 0.576. The van der Waals surface area contributed by atoms with Gasteiger partial charge in [0.2, 0.25) is 4.33 Å². The average molecular weight is 197 g/mol. The molecule has 0 bridgehead atoms. The maximum atomic E-state index is 12.3. The van der Waals surface area contributed by atoms with Crippen LogP contribution < -0.4 is 10.5 Å². The lowest BCUT2D eigenvalue weighted by molar-refractivity contribution is 0.625. The lowest BCUT2D eigenvalue weighted by Gasteiger charge is -2.22. The van der Waals surface area contributed by atoms with Crippen LogP contribution in [0.25, 0.3) is 0 Å². The lowest BCUT2D eigenvalue weighted by atomic mass is 10.4. The fraction of sp³-hybridized carbons (Fsp3) is 0.200. The van der Waals surface area contributed by atoms with Gasteiger partial charge in [-0.2, -0.15) is 0 Å². The Morgan fingerprint density at radius 1 is 1.82 bits per heavy atom. The summed E-state index contributed by atoms with van der Waals surface area (Å²) in [6, 6.07) is 0. The number of hydrogen-bond donors (Lipinski definition) is 2. The smallest absolute Gasteiger partial charge is 0.221 e. The van der Waals surface area contributed by atoms with Crippen molar-refractivity contribution in [2.45, 2.75) is 4.33 Å². The Kier molecular flexibility index (Phi) is 2.31. The normalized spacial score (nSPS) is 32.5. The second-order valence-corrected chi connectivity index (χ2v) is 4.01. The highest BCUT2D eigenvalue weighted by atomic mass is 35.5. The van der Waals surface area contributed by atoms with Gasteiger partial charge < -0.3 is 5.32 Å². The van der Waals surface area contributed by atoms with Gasteiger partial charge in [0.25, 0.3) is 0 Å². The van der Waals surface area contributed by atoms with Gasteiger partial charge in [0, 0.05) is 6.20 Å². The highest BCUT2D eigenvalue weighted by molar-refractivity contribution is 7.85. The van der Waals surface area contributed by atoms with Crippen molar-refractivity contribution in [3.8, 4) is 0 Å². The van der Waals surface area contributed by atoms with Crippen LogP contribution in [-0.2, 0) is 11.0 Å². The van der Waals surface area contributed by atoms with Crippen molar-refractivity contribution < 1.29 is 8.60 Å². The molecule has 1 aliphatic rings. The number of alkyl halides is 1. The van der Waals surface area contributed by atoms with E-state index in [0.717, 1.165) is 12.3 Å². The maximum Gasteiger partial charge on any atom is 0.221 e. The van der Waals surface area contributed by atoms with E-state index < -0.39 is 21.1 Å². The van der Waals surface area contributed by atoms with Crippen molar-refractivity contribution in [2.24, 2.45) is 5.14 Å². The number of hydrogen-bond acceptors (Lipinski definition) is 2. The van der Waals surface area contributed by atoms with Gasteiger partial charge in [-0.3, -0.25) is 0 Å². The van der Waals surface area contributed by atoms with E-state index in [1.54, 1.807) is 0 Å². The first-order chi connectivity index (χ1) is 5.04. The van der Waals surface area contributed by atoms with Crippen LogP contribution in [0.15, 0.2) is 24.2 Å². The van der Waals surface area contributed by atoms with Gasteiger partial charge >= 0.3 is 0 Å². The van der Waals surface area contributed by atoms with Crippen LogP contribution in [0.2, 0.25) is 0 Å². The van der Waals surface area contributed by atoms with Crippen LogP contribution in [0.5, 0.6) is 0 Å². The maximum absolute atomic E-state index is 12.3. The minimum Gasteiger partial charge on any atom is -0.356 e. The Hall–Kier alpha value is -0.390. The summed E-state index contributed by atoms with van der Waals surface area (Å²) < 4.78 is 21.7. The topological polar surface area (TPSA) is 55.1 Å². The molecule has 0 aromatic heterocycles. The van der Waals surface area contributed by atoms with E-state index >= 15 is 0 Å². The van der Waals surface area contributed by atoms with Crippen molar-refractivity contribution in [1.29, 1.82) is 0 Å². The van der Waals surface area contributed by atoms with Crippen LogP contribution in [-0.4, -0.2) is 8.54 Å². The Labute approximate surface area is 70.7 Å². The van der Waals surface area contributed by atoms with E-state index in [-0.39, 0.29) is 0 Å². The molecule has 3 N–H and O–H groups in total. The quantitative estimate of drug-likeness (QED) is 0.473. The molecule has 62 valence electrons. The second-order valence-electron chi connectivity index (χ2n) is 1.95. The van der Waals surface area contributed by atoms with E-state index in [0.29, 0.717) is 0 Å². The van der Waals surface area contributed by atoms with E-state index in [4.69, 9.17) is 16.7 Å². The Morgan fingerprint density at radius 2 is 2.45 bits per heavy atom. The minimum absolute atomic E-state index is 0.480. The molecule has 1 aliphatic heterocycles. The van der Waals surface area contributed by atoms with Crippen LogP contribution in [0.3, 0.4) is 0 Å². The molecule has 0 fully saturated rings. The molecular weight excluding hydrogens is 191 g/mol. The molecule has 0 saturated carbocycles. The predicted octanol–water partition coefficient (Wildman–Crippen LogP) is 0.472. The average Bonchev–Trinajstić information content (AvgIpc) is 1.95. The molecule has 0 aromatic carbocycles. The highest BCUT2D eigenvalue weighted by Gasteiger charge is 2.30. The molecule has 0 aliphatic carbocycles. The summed E-state index contributed by atoms with van der Waals surface area (Å²) >= 11 is 5.64. The summed E-state index contributed by atoms with van der Waals surface area (Å²) in [4.78, 5) is 0. The van der Waals surface area contributed by atoms with Gasteiger partial charge in [-0.25, -0.2) is 13.7 Å². The number of dihydropyridines is 1. The zero-order valence-corrected chi connectivity index (χ0v) is 6.95. The number of halogens is 2. The first-order valence-electron chi connectivity index (χ1n) is 2.72. The number of rotatable bonds is 1. The molecule has 11 heavy (non-hydrogen) atoms. The molecule has 0 amide bonds. The largest absolute Gasteiger partial charge is 0.356 e. The third-order valence-electron chi connectivity index (χ3n) is 1.16. The van der Waals surface area contributed by atoms with E-state index in [1.807, 2.05) is 0 Å². The summed E-state index contributed by atoms with van der Waals surface area (Å²) in [5, 5.41) is 7.38. The predicted molar refractivity (Wildman–Crippen MR) is 42.4 cm³/mol. The van der Waals surface area contributed by atoms with Crippen LogP contribution >= 0.6 is 11.6 Å². The van der Waals surface area contributed by atoms with Crippen LogP contribution in [0.4, 0.5) is 4.39 Å². The number of nitrogens with two attached hydrogens (primary N) is 1. The second kappa shape index (κ2) is 2.92. The molecule has 0 saturated heterocycles. The van der Waals surface area contributed by atoms with Gasteiger partial charge in [0.1, 0.15) is 16.8 Å². The number of allylic oxidation sites excluding steroid dienone is 2. The Morgan fingerprint density at radius 3 is 2.82 bits per heavy atom. The molecule has 0 spiro atoms. The van der Waals surface area contributed by atoms with Gasteiger partial charge in [0.05, 0.1) is 0 Å². The third kappa shape index (κ3) is 1.79. The molecule has 2 atom stereocenters. The Balaban J connectivity index is 2.82. The summed E-state index contributed by atoms with van der Waals surface area (Å²) in [7, 11) is -1.78. The van der Waals surface area contributed by atoms with E-state index in [2.05, 4.69) is 5.32 Å². The van der Waals surface area contributed by atoms with Crippen molar-refractivity contribution in [3.05, 3.63) is 24.2 Å². The fourth-order valence-corrected chi connectivity index (χ4v) is 1.07. The molecule has 6 heteroatoms. The van der Waals surface area contributed by atoms with Gasteiger partial charge in [-0.1, -0.05) is 11.6 Å². The number of nitrogens with one attached hydrogen (secondary N) is 1. The van der Waals surface area contributed by atoms with Gasteiger partial charge in [-0.15, -0.1) is 0 Å². The SMILES string of the molecule is NS(=O)C1(Cl)C=CC(F)=CN1. The lowest BCUT2D eigenvalue weighted by Crippen LogP contribution is -2.43. The zero-order chi connectivity index (χ0) is 8.48. The van der Waals surface area contributed by atoms with Crippen LogP contribution in [0, 0.1) is 0 Å². The standard InChI is InChI=1S/C5H6ClFN2OS/c6-5(11(8)10)2-1-4(7)3-9-5/h1-3,9H,8H2. The van der Waals surface area contributed by atoms with Crippen molar-refractivity contribution in [1.82, 2.24) is 5.32 Å². The molecule has 0 aromatic rings. The molecule has 0 radical (unpaired) electrons. The molecule has 2 unspecified atom stereocenters. The molecular formula is C5H6ClFN2OS. The van der Waals surface area contributed by atoms with Crippen LogP contribution in [0.1, 0.15) is 0 Å². The zero-order valence-electron chi connectivity index (χ0n) is 5.38. The summed E-state index contributed by atoms with van der Waals surface area (Å²) in [6.07, 6.45) is 3.33. The van der Waals surface area contributed by atoms with Gasteiger partial charge in [0.15, 0.2) is 0 Å². The summed E-state index contributed by atoms with van der Waals surface area (Å²) in [6.45, 7) is 0. The van der Waals surface area contributed by atoms with Crippen molar-refractivity contribution in [2.75, 3.05) is 0 Å². The van der Waals surface area contributed by atoms with Crippen molar-refractivity contribution >= 4 is 22.6 Å². The molecule has 1 rings (SSSR count). The van der Waals surface area contributed by atoms with Crippen molar-refractivity contribution in [3.63, 3.8) is 0 Å². The summed E-state index contributed by atoms with van der Waals surface area (Å²) in [5.41, 5.74) is 0. The highest BCUT2D eigenvalue weighted by Crippen LogP contribution is 2.20. The molecule has 3 nitrogen and oxygen atoms in total. The summed E-state index contributed by atoms with van der Waals surface area (Å²) in [5.74, 6) is -0.480. The third-order valence-corrected chi connectivity index (χ3v) is 2.69. The molecule has 1 heterocycles. The monoisotopic (exact) mass is 196 g/mol. The Bertz CT molecular complexity index is 255.